The lowest BCUT2D eigenvalue weighted by Crippen LogP contribution is -2.42. The van der Waals surface area contributed by atoms with Gasteiger partial charge in [-0.1, -0.05) is 42.0 Å². The van der Waals surface area contributed by atoms with Gasteiger partial charge in [0.05, 0.1) is 5.60 Å². The highest BCUT2D eigenvalue weighted by Gasteiger charge is 2.33. The number of allylic oxidation sites excluding steroid dienone is 4. The fourth-order valence-corrected chi connectivity index (χ4v) is 5.15. The van der Waals surface area contributed by atoms with Crippen molar-refractivity contribution in [3.63, 3.8) is 0 Å². The van der Waals surface area contributed by atoms with Crippen molar-refractivity contribution < 1.29 is 19.4 Å². The number of pyridine rings is 1. The molecule has 1 aromatic carbocycles. The molecule has 38 heavy (non-hydrogen) atoms. The lowest BCUT2D eigenvalue weighted by Gasteiger charge is -2.38. The minimum Gasteiger partial charge on any atom is -0.438 e. The molecule has 8 heteroatoms. The Labute approximate surface area is 228 Å². The number of rotatable bonds is 7. The monoisotopic (exact) mass is 533 g/mol. The average molecular weight is 534 g/mol. The first-order valence-corrected chi connectivity index (χ1v) is 13.3. The predicted octanol–water partition coefficient (Wildman–Crippen LogP) is 4.40. The van der Waals surface area contributed by atoms with E-state index in [1.807, 2.05) is 54.6 Å². The zero-order valence-electron chi connectivity index (χ0n) is 21.4. The van der Waals surface area contributed by atoms with E-state index >= 15 is 0 Å². The van der Waals surface area contributed by atoms with Gasteiger partial charge in [0, 0.05) is 49.0 Å². The fraction of sp³-hybridized carbons (Fsp3) is 0.333. The number of amides is 1. The Morgan fingerprint density at radius 1 is 1.29 bits per heavy atom. The highest BCUT2D eigenvalue weighted by molar-refractivity contribution is 6.30. The van der Waals surface area contributed by atoms with E-state index in [0.29, 0.717) is 29.5 Å². The Balaban J connectivity index is 1.29. The lowest BCUT2D eigenvalue weighted by atomic mass is 9.84. The number of halogens is 1. The molecule has 2 N–H and O–H groups in total. The Morgan fingerprint density at radius 3 is 2.84 bits per heavy atom. The number of aromatic nitrogens is 1. The van der Waals surface area contributed by atoms with E-state index in [0.717, 1.165) is 48.3 Å². The molecule has 0 spiro atoms. The Hall–Kier alpha value is -3.23. The number of aliphatic hydroxyl groups is 1. The first kappa shape index (κ1) is 26.4. The summed E-state index contributed by atoms with van der Waals surface area (Å²) in [6, 6.07) is 11.4. The van der Waals surface area contributed by atoms with Crippen LogP contribution in [0.15, 0.2) is 84.3 Å². The number of carbonyl (C=O) groups is 1. The van der Waals surface area contributed by atoms with Crippen molar-refractivity contribution in [2.75, 3.05) is 33.3 Å². The minimum atomic E-state index is -0.811. The average Bonchev–Trinajstić information content (AvgIpc) is 3.10. The van der Waals surface area contributed by atoms with Crippen molar-refractivity contribution in [2.24, 2.45) is 0 Å². The number of hydrogen-bond donors (Lipinski definition) is 2. The van der Waals surface area contributed by atoms with Crippen LogP contribution in [0.2, 0.25) is 5.02 Å². The van der Waals surface area contributed by atoms with Gasteiger partial charge in [0.1, 0.15) is 18.5 Å². The Morgan fingerprint density at radius 2 is 2.08 bits per heavy atom. The third-order valence-electron chi connectivity index (χ3n) is 7.27. The lowest BCUT2D eigenvalue weighted by molar-refractivity contribution is -0.125. The van der Waals surface area contributed by atoms with Crippen LogP contribution in [0.4, 0.5) is 0 Å². The van der Waals surface area contributed by atoms with Gasteiger partial charge in [-0.2, -0.15) is 0 Å². The SMILES string of the molecule is CNC(=O)COC1C=CC=C2Oc3ncccc3C(=CCCN3CCC(O)(c4ccc(Cl)cc4)CC3)C=C21. The molecule has 198 valence electrons. The summed E-state index contributed by atoms with van der Waals surface area (Å²) in [5.74, 6) is 1.02. The fourth-order valence-electron chi connectivity index (χ4n) is 5.02. The summed E-state index contributed by atoms with van der Waals surface area (Å²) in [4.78, 5) is 18.6. The quantitative estimate of drug-likeness (QED) is 0.549. The molecular formula is C30H32ClN3O4. The second-order valence-electron chi connectivity index (χ2n) is 9.71. The van der Waals surface area contributed by atoms with Crippen LogP contribution in [0.1, 0.15) is 30.4 Å². The molecule has 0 saturated carbocycles. The second-order valence-corrected chi connectivity index (χ2v) is 10.1. The molecule has 5 rings (SSSR count). The number of ether oxygens (including phenoxy) is 2. The van der Waals surface area contributed by atoms with E-state index in [1.54, 1.807) is 13.2 Å². The normalized spacial score (nSPS) is 21.4. The summed E-state index contributed by atoms with van der Waals surface area (Å²) >= 11 is 6.02. The van der Waals surface area contributed by atoms with Crippen LogP contribution in [0.5, 0.6) is 5.88 Å². The number of hydrogen-bond acceptors (Lipinski definition) is 6. The van der Waals surface area contributed by atoms with Gasteiger partial charge in [-0.3, -0.25) is 4.79 Å². The molecule has 2 aromatic rings. The number of nitrogens with zero attached hydrogens (tertiary/aromatic N) is 2. The zero-order chi connectivity index (χ0) is 26.5. The van der Waals surface area contributed by atoms with Gasteiger partial charge in [0.2, 0.25) is 11.8 Å². The van der Waals surface area contributed by atoms with Gasteiger partial charge in [-0.15, -0.1) is 0 Å². The molecule has 2 aliphatic heterocycles. The van der Waals surface area contributed by atoms with Gasteiger partial charge < -0.3 is 24.8 Å². The highest BCUT2D eigenvalue weighted by Crippen LogP contribution is 2.37. The maximum atomic E-state index is 11.8. The van der Waals surface area contributed by atoms with Gasteiger partial charge in [0.15, 0.2) is 0 Å². The molecule has 1 aromatic heterocycles. The van der Waals surface area contributed by atoms with Crippen LogP contribution in [-0.4, -0.2) is 60.3 Å². The Bertz CT molecular complexity index is 1290. The summed E-state index contributed by atoms with van der Waals surface area (Å²) in [6.07, 6.45) is 13.5. The molecule has 7 nitrogen and oxygen atoms in total. The minimum absolute atomic E-state index is 0.0439. The molecule has 0 bridgehead atoms. The molecule has 1 unspecified atom stereocenters. The maximum absolute atomic E-state index is 11.8. The number of benzene rings is 1. The topological polar surface area (TPSA) is 83.9 Å². The number of carbonyl (C=O) groups excluding carboxylic acids is 1. The summed E-state index contributed by atoms with van der Waals surface area (Å²) in [6.45, 7) is 2.46. The van der Waals surface area contributed by atoms with Crippen LogP contribution in [-0.2, 0) is 15.1 Å². The maximum Gasteiger partial charge on any atom is 0.245 e. The number of fused-ring (bicyclic) bond motifs is 2. The van der Waals surface area contributed by atoms with Gasteiger partial charge in [-0.25, -0.2) is 4.98 Å². The van der Waals surface area contributed by atoms with Crippen LogP contribution >= 0.6 is 11.6 Å². The molecule has 3 heterocycles. The predicted molar refractivity (Wildman–Crippen MR) is 148 cm³/mol. The molecule has 1 aliphatic carbocycles. The zero-order valence-corrected chi connectivity index (χ0v) is 22.2. The molecule has 1 amide bonds. The van der Waals surface area contributed by atoms with Gasteiger partial charge in [-0.05, 0) is 66.8 Å². The smallest absolute Gasteiger partial charge is 0.245 e. The molecule has 1 atom stereocenters. The van der Waals surface area contributed by atoms with E-state index in [9.17, 15) is 9.90 Å². The van der Waals surface area contributed by atoms with Crippen molar-refractivity contribution in [1.29, 1.82) is 0 Å². The van der Waals surface area contributed by atoms with E-state index in [4.69, 9.17) is 21.1 Å². The third kappa shape index (κ3) is 5.92. The number of piperidine rings is 1. The van der Waals surface area contributed by atoms with E-state index in [2.05, 4.69) is 27.4 Å². The molecule has 1 saturated heterocycles. The van der Waals surface area contributed by atoms with Crippen molar-refractivity contribution in [1.82, 2.24) is 15.2 Å². The second kappa shape index (κ2) is 11.7. The van der Waals surface area contributed by atoms with Crippen molar-refractivity contribution in [3.05, 3.63) is 100 Å². The summed E-state index contributed by atoms with van der Waals surface area (Å²) < 4.78 is 12.1. The van der Waals surface area contributed by atoms with Crippen LogP contribution in [0.25, 0.3) is 5.57 Å². The number of likely N-dealkylation sites (tertiary alicyclic amines) is 1. The van der Waals surface area contributed by atoms with E-state index in [-0.39, 0.29) is 12.5 Å². The van der Waals surface area contributed by atoms with Crippen molar-refractivity contribution >= 4 is 23.1 Å². The Kier molecular flexibility index (Phi) is 8.09. The number of nitrogens with one attached hydrogen (secondary N) is 1. The first-order valence-electron chi connectivity index (χ1n) is 12.9. The van der Waals surface area contributed by atoms with E-state index in [1.165, 1.54) is 0 Å². The van der Waals surface area contributed by atoms with E-state index < -0.39 is 11.7 Å². The summed E-state index contributed by atoms with van der Waals surface area (Å²) in [7, 11) is 1.59. The van der Waals surface area contributed by atoms with Crippen molar-refractivity contribution in [3.8, 4) is 5.88 Å². The summed E-state index contributed by atoms with van der Waals surface area (Å²) in [5.41, 5.74) is 2.89. The van der Waals surface area contributed by atoms with Crippen molar-refractivity contribution in [2.45, 2.75) is 31.0 Å². The van der Waals surface area contributed by atoms with Crippen LogP contribution in [0, 0.1) is 0 Å². The largest absolute Gasteiger partial charge is 0.438 e. The van der Waals surface area contributed by atoms with Crippen LogP contribution in [0.3, 0.4) is 0 Å². The molecule has 0 radical (unpaired) electrons. The summed E-state index contributed by atoms with van der Waals surface area (Å²) in [5, 5.41) is 14.5. The van der Waals surface area contributed by atoms with Gasteiger partial charge in [0.25, 0.3) is 0 Å². The molecule has 1 fully saturated rings. The van der Waals surface area contributed by atoms with Crippen LogP contribution < -0.4 is 10.1 Å². The standard InChI is InChI=1S/C30H32ClN3O4/c1-32-28(35)20-37-26-7-2-8-27-25(26)19-21(24-6-3-15-33-29(24)38-27)5-4-16-34-17-13-30(36,14-18-34)22-9-11-23(31)12-10-22/h2-3,5-12,15,19,26,36H,4,13-14,16-18,20H2,1H3,(H,32,35). The highest BCUT2D eigenvalue weighted by atomic mass is 35.5. The number of likely N-dealkylation sites (N-methyl/N-ethyl adjacent to an activating group) is 1. The molecule has 3 aliphatic rings. The van der Waals surface area contributed by atoms with Gasteiger partial charge >= 0.3 is 0 Å². The third-order valence-corrected chi connectivity index (χ3v) is 7.52. The molecular weight excluding hydrogens is 502 g/mol. The first-order chi connectivity index (χ1) is 18.4.